The zero-order valence-corrected chi connectivity index (χ0v) is 7.98. The first-order chi connectivity index (χ1) is 7.73. The second kappa shape index (κ2) is 11.0. The summed E-state index contributed by atoms with van der Waals surface area (Å²) in [5.74, 6) is 0. The van der Waals surface area contributed by atoms with Crippen LogP contribution in [0.15, 0.2) is 0 Å². The molecule has 0 bridgehead atoms. The van der Waals surface area contributed by atoms with Crippen LogP contribution in [-0.4, -0.2) is 28.4 Å². The van der Waals surface area contributed by atoms with Crippen LogP contribution in [0.1, 0.15) is 0 Å². The molecule has 19 heavy (non-hydrogen) atoms. The Morgan fingerprint density at radius 2 is 0.368 bits per heavy atom. The van der Waals surface area contributed by atoms with Crippen molar-refractivity contribution in [2.75, 3.05) is 0 Å². The largest absolute Gasteiger partial charge is 0.673 e. The van der Waals surface area contributed by atoms with Crippen molar-refractivity contribution in [1.29, 1.82) is 0 Å². The summed E-state index contributed by atoms with van der Waals surface area (Å²) in [6, 6.07) is 0. The Hall–Kier alpha value is -0.855. The van der Waals surface area contributed by atoms with Crippen molar-refractivity contribution in [1.82, 2.24) is 0 Å². The molecule has 0 spiro atoms. The first-order valence-corrected chi connectivity index (χ1v) is 3.27. The van der Waals surface area contributed by atoms with E-state index < -0.39 is 28.4 Å². The topological polar surface area (TPSA) is 0 Å². The molecule has 0 fully saturated rings. The summed E-state index contributed by atoms with van der Waals surface area (Å²) in [4.78, 5) is 0. The molecule has 0 rings (SSSR count). The average Bonchev–Trinajstić information content (AvgIpc) is 1.66. The zero-order valence-electron chi connectivity index (χ0n) is 7.98. The van der Waals surface area contributed by atoms with E-state index in [2.05, 4.69) is 0 Å². The summed E-state index contributed by atoms with van der Waals surface area (Å²) in [7, 11) is -18.0. The number of rotatable bonds is 0. The lowest BCUT2D eigenvalue weighted by molar-refractivity contribution is 0.00818. The number of halogens is 15. The lowest BCUT2D eigenvalue weighted by Gasteiger charge is -1.94. The lowest BCUT2D eigenvalue weighted by Crippen LogP contribution is -2.02. The summed E-state index contributed by atoms with van der Waals surface area (Å²) >= 11 is 0. The Kier molecular flexibility index (Phi) is 15.5. The predicted octanol–water partition coefficient (Wildman–Crippen LogP) is 5.08. The van der Waals surface area contributed by atoms with Gasteiger partial charge in [-0.2, -0.15) is 13.2 Å². The standard InChI is InChI=1S/CHF3.3BF4/c2-1(3)4;3*2-1(3,4)5/h1H;;;/q;3*-1. The quantitative estimate of drug-likeness (QED) is 0.429. The van der Waals surface area contributed by atoms with Gasteiger partial charge in [0.25, 0.3) is 0 Å². The molecule has 0 heterocycles. The van der Waals surface area contributed by atoms with Gasteiger partial charge in [-0.05, 0) is 0 Å². The van der Waals surface area contributed by atoms with Gasteiger partial charge in [0.1, 0.15) is 0 Å². The van der Waals surface area contributed by atoms with Crippen molar-refractivity contribution in [2.24, 2.45) is 0 Å². The molecular weight excluding hydrogens is 329 g/mol. The molecule has 0 saturated heterocycles. The first-order valence-electron chi connectivity index (χ1n) is 3.27. The van der Waals surface area contributed by atoms with E-state index in [1.165, 1.54) is 0 Å². The van der Waals surface area contributed by atoms with Gasteiger partial charge < -0.3 is 51.8 Å². The van der Waals surface area contributed by atoms with E-state index in [4.69, 9.17) is 0 Å². The third-order valence-electron chi connectivity index (χ3n) is 0. The summed E-state index contributed by atoms with van der Waals surface area (Å²) in [6.45, 7) is -3.67. The normalized spacial score (nSPS) is 11.4. The molecule has 0 unspecified atom stereocenters. The van der Waals surface area contributed by atoms with Crippen LogP contribution in [0.2, 0.25) is 0 Å². The summed E-state index contributed by atoms with van der Waals surface area (Å²) in [5, 5.41) is 0. The maximum atomic E-state index is 9.75. The molecule has 0 aliphatic rings. The van der Waals surface area contributed by atoms with E-state index in [1.54, 1.807) is 0 Å². The van der Waals surface area contributed by atoms with Crippen molar-refractivity contribution in [3.63, 3.8) is 0 Å². The number of alkyl halides is 3. The molecule has 0 aromatic heterocycles. The third kappa shape index (κ3) is 5380. The molecule has 0 N–H and O–H groups in total. The Morgan fingerprint density at radius 1 is 0.368 bits per heavy atom. The second-order valence-corrected chi connectivity index (χ2v) is 1.73. The van der Waals surface area contributed by atoms with E-state index in [9.17, 15) is 65.0 Å². The molecule has 0 saturated carbocycles. The van der Waals surface area contributed by atoms with Gasteiger partial charge in [-0.3, -0.25) is 0 Å². The molecule has 0 amide bonds. The molecule has 0 nitrogen and oxygen atoms in total. The highest BCUT2D eigenvalue weighted by Gasteiger charge is 2.21. The predicted molar refractivity (Wildman–Crippen MR) is 37.7 cm³/mol. The monoisotopic (exact) mass is 331 g/mol. The smallest absolute Gasteiger partial charge is 0.418 e. The SMILES string of the molecule is FC(F)F.F[B-](F)(F)F.F[B-](F)(F)F.F[B-](F)(F)F. The molecule has 0 atom stereocenters. The number of hydrogen-bond donors (Lipinski definition) is 0. The van der Waals surface area contributed by atoms with E-state index in [-0.39, 0.29) is 0 Å². The van der Waals surface area contributed by atoms with Crippen molar-refractivity contribution >= 4 is 21.8 Å². The Morgan fingerprint density at radius 3 is 0.368 bits per heavy atom. The fourth-order valence-corrected chi connectivity index (χ4v) is 0. The lowest BCUT2D eigenvalue weighted by atomic mass is 10.3. The van der Waals surface area contributed by atoms with Gasteiger partial charge in [0.05, 0.1) is 0 Å². The Bertz CT molecular complexity index is 122. The van der Waals surface area contributed by atoms with Crippen molar-refractivity contribution in [3.05, 3.63) is 0 Å². The van der Waals surface area contributed by atoms with Gasteiger partial charge in [-0.1, -0.05) is 0 Å². The summed E-state index contributed by atoms with van der Waals surface area (Å²) < 4.78 is 146. The second-order valence-electron chi connectivity index (χ2n) is 1.73. The third-order valence-corrected chi connectivity index (χ3v) is 0. The van der Waals surface area contributed by atoms with Crippen molar-refractivity contribution in [2.45, 2.75) is 6.68 Å². The molecular formula is CHB3F15-3. The van der Waals surface area contributed by atoms with Crippen LogP contribution in [0.5, 0.6) is 0 Å². The van der Waals surface area contributed by atoms with E-state index >= 15 is 0 Å². The Balaban J connectivity index is -0.0000000793. The van der Waals surface area contributed by atoms with Gasteiger partial charge in [-0.25, -0.2) is 0 Å². The summed E-state index contributed by atoms with van der Waals surface area (Å²) in [5.41, 5.74) is 0. The van der Waals surface area contributed by atoms with E-state index in [0.29, 0.717) is 0 Å². The van der Waals surface area contributed by atoms with Gasteiger partial charge in [-0.15, -0.1) is 0 Å². The van der Waals surface area contributed by atoms with Gasteiger partial charge in [0.15, 0.2) is 0 Å². The van der Waals surface area contributed by atoms with Crippen LogP contribution in [0.3, 0.4) is 0 Å². The van der Waals surface area contributed by atoms with Gasteiger partial charge >= 0.3 is 28.4 Å². The fourth-order valence-electron chi connectivity index (χ4n) is 0. The summed E-state index contributed by atoms with van der Waals surface area (Å²) in [6.07, 6.45) is 0. The molecule has 0 radical (unpaired) electrons. The minimum Gasteiger partial charge on any atom is -0.418 e. The highest BCUT2D eigenvalue weighted by molar-refractivity contribution is 6.50. The molecule has 0 aromatic rings. The maximum absolute atomic E-state index is 9.75. The maximum Gasteiger partial charge on any atom is 0.673 e. The van der Waals surface area contributed by atoms with Crippen LogP contribution in [0.4, 0.5) is 65.0 Å². The molecule has 0 aliphatic carbocycles. The minimum absolute atomic E-state index is 3.67. The highest BCUT2D eigenvalue weighted by Crippen LogP contribution is 2.07. The van der Waals surface area contributed by atoms with Crippen LogP contribution >= 0.6 is 0 Å². The molecule has 0 aromatic carbocycles. The van der Waals surface area contributed by atoms with E-state index in [0.717, 1.165) is 0 Å². The van der Waals surface area contributed by atoms with Crippen LogP contribution < -0.4 is 0 Å². The molecule has 18 heteroatoms. The zero-order chi connectivity index (χ0) is 17.1. The van der Waals surface area contributed by atoms with Crippen LogP contribution in [-0.2, 0) is 0 Å². The molecule has 0 aliphatic heterocycles. The van der Waals surface area contributed by atoms with Crippen LogP contribution in [0, 0.1) is 0 Å². The van der Waals surface area contributed by atoms with E-state index in [1.807, 2.05) is 0 Å². The fraction of sp³-hybridized carbons (Fsp3) is 1.00. The van der Waals surface area contributed by atoms with Gasteiger partial charge in [0.2, 0.25) is 0 Å². The number of hydrogen-bond acceptors (Lipinski definition) is 0. The highest BCUT2D eigenvalue weighted by atomic mass is 19.5. The van der Waals surface area contributed by atoms with Crippen LogP contribution in [0.25, 0.3) is 0 Å². The average molecular weight is 330 g/mol. The Labute approximate surface area is 94.8 Å². The first kappa shape index (κ1) is 26.7. The van der Waals surface area contributed by atoms with Crippen molar-refractivity contribution < 1.29 is 65.0 Å². The molecule has 122 valence electrons. The minimum atomic E-state index is -6.00. The van der Waals surface area contributed by atoms with Gasteiger partial charge in [0, 0.05) is 0 Å². The van der Waals surface area contributed by atoms with Crippen molar-refractivity contribution in [3.8, 4) is 0 Å².